The summed E-state index contributed by atoms with van der Waals surface area (Å²) in [5.41, 5.74) is -0.391. The van der Waals surface area contributed by atoms with Crippen molar-refractivity contribution >= 4 is 11.8 Å². The van der Waals surface area contributed by atoms with Gasteiger partial charge in [0.2, 0.25) is 0 Å². The Hall–Kier alpha value is 0.270. The Morgan fingerprint density at radius 3 is 2.62 bits per heavy atom. The molecule has 2 rings (SSSR count). The van der Waals surface area contributed by atoms with Crippen molar-refractivity contribution in [2.24, 2.45) is 0 Å². The molecule has 1 atom stereocenters. The lowest BCUT2D eigenvalue weighted by atomic mass is 9.85. The van der Waals surface area contributed by atoms with Gasteiger partial charge in [-0.05, 0) is 31.4 Å². The summed E-state index contributed by atoms with van der Waals surface area (Å²) in [6.07, 6.45) is 9.86. The molecule has 1 heterocycles. The van der Waals surface area contributed by atoms with Crippen molar-refractivity contribution in [1.82, 2.24) is 5.32 Å². The lowest BCUT2D eigenvalue weighted by molar-refractivity contribution is 0.00511. The van der Waals surface area contributed by atoms with Crippen LogP contribution in [0.25, 0.3) is 0 Å². The average Bonchev–Trinajstić information content (AvgIpc) is 2.31. The molecule has 0 radical (unpaired) electrons. The van der Waals surface area contributed by atoms with Crippen LogP contribution >= 0.6 is 11.8 Å². The van der Waals surface area contributed by atoms with Crippen LogP contribution < -0.4 is 5.32 Å². The number of aliphatic hydroxyl groups is 1. The van der Waals surface area contributed by atoms with Crippen molar-refractivity contribution in [3.05, 3.63) is 0 Å². The van der Waals surface area contributed by atoms with Crippen LogP contribution in [0.4, 0.5) is 0 Å². The van der Waals surface area contributed by atoms with E-state index in [1.807, 2.05) is 0 Å². The lowest BCUT2D eigenvalue weighted by Gasteiger charge is -2.33. The fraction of sp³-hybridized carbons (Fsp3) is 1.00. The largest absolute Gasteiger partial charge is 0.389 e. The second kappa shape index (κ2) is 6.27. The first kappa shape index (κ1) is 12.7. The van der Waals surface area contributed by atoms with Gasteiger partial charge in [-0.15, -0.1) is 0 Å². The average molecular weight is 243 g/mol. The summed E-state index contributed by atoms with van der Waals surface area (Å²) < 4.78 is 0. The number of hydrogen-bond donors (Lipinski definition) is 2. The third-order valence-corrected chi connectivity index (χ3v) is 5.28. The molecule has 2 aliphatic rings. The number of rotatable bonds is 4. The predicted octanol–water partition coefficient (Wildman–Crippen LogP) is 2.56. The van der Waals surface area contributed by atoms with E-state index in [2.05, 4.69) is 17.1 Å². The highest BCUT2D eigenvalue weighted by Gasteiger charge is 2.28. The van der Waals surface area contributed by atoms with Crippen LogP contribution in [0, 0.1) is 0 Å². The van der Waals surface area contributed by atoms with Crippen LogP contribution in [0.1, 0.15) is 51.4 Å². The molecular weight excluding hydrogens is 218 g/mol. The molecule has 1 aliphatic carbocycles. The van der Waals surface area contributed by atoms with Gasteiger partial charge in [0.25, 0.3) is 0 Å². The summed E-state index contributed by atoms with van der Waals surface area (Å²) in [5.74, 6) is 1.33. The van der Waals surface area contributed by atoms with E-state index >= 15 is 0 Å². The van der Waals surface area contributed by atoms with Gasteiger partial charge in [-0.2, -0.15) is 11.8 Å². The van der Waals surface area contributed by atoms with Crippen molar-refractivity contribution in [2.45, 2.75) is 62.2 Å². The monoisotopic (exact) mass is 243 g/mol. The summed E-state index contributed by atoms with van der Waals surface area (Å²) >= 11 is 2.10. The van der Waals surface area contributed by atoms with E-state index in [1.54, 1.807) is 0 Å². The maximum absolute atomic E-state index is 10.3. The van der Waals surface area contributed by atoms with Crippen molar-refractivity contribution in [3.8, 4) is 0 Å². The first-order valence-corrected chi connectivity index (χ1v) is 7.88. The zero-order chi connectivity index (χ0) is 11.3. The minimum absolute atomic E-state index is 0.391. The van der Waals surface area contributed by atoms with Gasteiger partial charge in [-0.25, -0.2) is 0 Å². The molecule has 1 saturated carbocycles. The smallest absolute Gasteiger partial charge is 0.0771 e. The SMILES string of the molecule is OC1(CNCC2CCCCS2)CCCCC1. The fourth-order valence-electron chi connectivity index (χ4n) is 2.82. The molecule has 3 heteroatoms. The Bertz CT molecular complexity index is 198. The minimum atomic E-state index is -0.391. The van der Waals surface area contributed by atoms with Crippen molar-refractivity contribution < 1.29 is 5.11 Å². The van der Waals surface area contributed by atoms with Gasteiger partial charge in [-0.1, -0.05) is 25.7 Å². The van der Waals surface area contributed by atoms with E-state index in [0.29, 0.717) is 0 Å². The molecule has 1 aliphatic heterocycles. The van der Waals surface area contributed by atoms with Crippen molar-refractivity contribution in [3.63, 3.8) is 0 Å². The van der Waals surface area contributed by atoms with E-state index in [1.165, 1.54) is 44.3 Å². The third kappa shape index (κ3) is 3.94. The van der Waals surface area contributed by atoms with Gasteiger partial charge >= 0.3 is 0 Å². The second-order valence-corrected chi connectivity index (χ2v) is 6.81. The summed E-state index contributed by atoms with van der Waals surface area (Å²) in [4.78, 5) is 0. The highest BCUT2D eigenvalue weighted by molar-refractivity contribution is 7.99. The highest BCUT2D eigenvalue weighted by Crippen LogP contribution is 2.28. The Kier molecular flexibility index (Phi) is 4.98. The number of hydrogen-bond acceptors (Lipinski definition) is 3. The quantitative estimate of drug-likeness (QED) is 0.796. The molecular formula is C13H25NOS. The minimum Gasteiger partial charge on any atom is -0.389 e. The fourth-order valence-corrected chi connectivity index (χ4v) is 4.09. The topological polar surface area (TPSA) is 32.3 Å². The molecule has 0 spiro atoms. The van der Waals surface area contributed by atoms with E-state index in [0.717, 1.165) is 31.2 Å². The van der Waals surface area contributed by atoms with Crippen LogP contribution in [-0.2, 0) is 0 Å². The molecule has 1 saturated heterocycles. The predicted molar refractivity (Wildman–Crippen MR) is 71.0 cm³/mol. The molecule has 16 heavy (non-hydrogen) atoms. The molecule has 2 N–H and O–H groups in total. The van der Waals surface area contributed by atoms with Crippen molar-refractivity contribution in [1.29, 1.82) is 0 Å². The van der Waals surface area contributed by atoms with Gasteiger partial charge in [0.05, 0.1) is 5.60 Å². The Balaban J connectivity index is 1.62. The maximum Gasteiger partial charge on any atom is 0.0771 e. The number of nitrogens with one attached hydrogen (secondary N) is 1. The second-order valence-electron chi connectivity index (χ2n) is 5.40. The van der Waals surface area contributed by atoms with Gasteiger partial charge in [0, 0.05) is 18.3 Å². The van der Waals surface area contributed by atoms with Gasteiger partial charge < -0.3 is 10.4 Å². The standard InChI is InChI=1S/C13H25NOS/c15-13(7-3-1-4-8-13)11-14-10-12-6-2-5-9-16-12/h12,14-15H,1-11H2. The van der Waals surface area contributed by atoms with Gasteiger partial charge in [0.1, 0.15) is 0 Å². The van der Waals surface area contributed by atoms with Gasteiger partial charge in [-0.3, -0.25) is 0 Å². The lowest BCUT2D eigenvalue weighted by Crippen LogP contribution is -2.44. The zero-order valence-electron chi connectivity index (χ0n) is 10.2. The van der Waals surface area contributed by atoms with E-state index < -0.39 is 5.60 Å². The Labute approximate surface area is 104 Å². The molecule has 0 aromatic rings. The Morgan fingerprint density at radius 1 is 1.12 bits per heavy atom. The molecule has 0 amide bonds. The maximum atomic E-state index is 10.3. The first-order chi connectivity index (χ1) is 7.79. The van der Waals surface area contributed by atoms with Crippen LogP contribution in [0.3, 0.4) is 0 Å². The van der Waals surface area contributed by atoms with Crippen LogP contribution in [0.2, 0.25) is 0 Å². The first-order valence-electron chi connectivity index (χ1n) is 6.83. The van der Waals surface area contributed by atoms with Gasteiger partial charge in [0.15, 0.2) is 0 Å². The Morgan fingerprint density at radius 2 is 1.94 bits per heavy atom. The van der Waals surface area contributed by atoms with E-state index in [4.69, 9.17) is 0 Å². The van der Waals surface area contributed by atoms with Crippen LogP contribution in [0.5, 0.6) is 0 Å². The highest BCUT2D eigenvalue weighted by atomic mass is 32.2. The number of thioether (sulfide) groups is 1. The molecule has 1 unspecified atom stereocenters. The zero-order valence-corrected chi connectivity index (χ0v) is 11.0. The third-order valence-electron chi connectivity index (χ3n) is 3.88. The molecule has 0 bridgehead atoms. The summed E-state index contributed by atoms with van der Waals surface area (Å²) in [7, 11) is 0. The van der Waals surface area contributed by atoms with Crippen molar-refractivity contribution in [2.75, 3.05) is 18.8 Å². The molecule has 94 valence electrons. The molecule has 0 aromatic heterocycles. The summed E-state index contributed by atoms with van der Waals surface area (Å²) in [6, 6.07) is 0. The normalized spacial score (nSPS) is 30.2. The molecule has 2 fully saturated rings. The van der Waals surface area contributed by atoms with E-state index in [9.17, 15) is 5.11 Å². The van der Waals surface area contributed by atoms with E-state index in [-0.39, 0.29) is 0 Å². The summed E-state index contributed by atoms with van der Waals surface area (Å²) in [5, 5.41) is 14.6. The van der Waals surface area contributed by atoms with Crippen LogP contribution in [-0.4, -0.2) is 34.8 Å². The molecule has 0 aromatic carbocycles. The summed E-state index contributed by atoms with van der Waals surface area (Å²) in [6.45, 7) is 1.90. The molecule has 2 nitrogen and oxygen atoms in total. The van der Waals surface area contributed by atoms with Crippen LogP contribution in [0.15, 0.2) is 0 Å².